The molecule has 0 saturated heterocycles. The Kier molecular flexibility index (Phi) is 2.98. The van der Waals surface area contributed by atoms with Crippen molar-refractivity contribution in [2.24, 2.45) is 0 Å². The number of aromatic hydroxyl groups is 1. The predicted molar refractivity (Wildman–Crippen MR) is 61.5 cm³/mol. The number of carbonyl (C=O) groups is 1. The van der Waals surface area contributed by atoms with Gasteiger partial charge < -0.3 is 15.4 Å². The Balaban J connectivity index is 2.25. The Hall–Kier alpha value is -1.33. The van der Waals surface area contributed by atoms with Crippen LogP contribution in [0.15, 0.2) is 18.2 Å². The average Bonchev–Trinajstić information content (AvgIpc) is 2.22. The lowest BCUT2D eigenvalue weighted by atomic mass is 9.81. The zero-order valence-corrected chi connectivity index (χ0v) is 9.10. The molecule has 1 aliphatic carbocycles. The molecule has 0 heterocycles. The highest BCUT2D eigenvalue weighted by atomic mass is 16.3. The van der Waals surface area contributed by atoms with E-state index in [1.807, 2.05) is 0 Å². The van der Waals surface area contributed by atoms with Crippen LogP contribution in [0.5, 0.6) is 5.75 Å². The van der Waals surface area contributed by atoms with Gasteiger partial charge in [-0.1, -0.05) is 0 Å². The largest absolute Gasteiger partial charge is 0.508 e. The van der Waals surface area contributed by atoms with E-state index in [9.17, 15) is 14.9 Å². The summed E-state index contributed by atoms with van der Waals surface area (Å²) in [4.78, 5) is 12.0. The number of carbonyl (C=O) groups excluding carboxylic acids is 1. The van der Waals surface area contributed by atoms with Crippen LogP contribution >= 0.6 is 0 Å². The number of ketones is 1. The van der Waals surface area contributed by atoms with Crippen LogP contribution in [0.4, 0.5) is 0 Å². The maximum atomic E-state index is 12.0. The van der Waals surface area contributed by atoms with Gasteiger partial charge in [0.05, 0.1) is 6.04 Å². The van der Waals surface area contributed by atoms with Crippen LogP contribution in [0.2, 0.25) is 6.82 Å². The third-order valence-corrected chi connectivity index (χ3v) is 2.82. The molecule has 0 bridgehead atoms. The summed E-state index contributed by atoms with van der Waals surface area (Å²) >= 11 is 0. The molecule has 0 spiro atoms. The van der Waals surface area contributed by atoms with Gasteiger partial charge in [-0.2, -0.15) is 0 Å². The van der Waals surface area contributed by atoms with E-state index in [1.165, 1.54) is 6.07 Å². The van der Waals surface area contributed by atoms with Gasteiger partial charge in [-0.3, -0.25) is 4.79 Å². The Bertz CT molecular complexity index is 420. The topological polar surface area (TPSA) is 69.6 Å². The first-order chi connectivity index (χ1) is 7.58. The first-order valence-electron chi connectivity index (χ1n) is 5.38. The van der Waals surface area contributed by atoms with E-state index in [0.717, 1.165) is 12.0 Å². The zero-order chi connectivity index (χ0) is 11.7. The molecule has 0 saturated carbocycles. The average molecular weight is 219 g/mol. The van der Waals surface area contributed by atoms with E-state index < -0.39 is 7.05 Å². The molecule has 1 aliphatic rings. The van der Waals surface area contributed by atoms with Crippen LogP contribution in [0.3, 0.4) is 0 Å². The molecule has 0 amide bonds. The number of nitrogens with one attached hydrogen (secondary N) is 1. The molecule has 0 radical (unpaired) electrons. The van der Waals surface area contributed by atoms with Crippen molar-refractivity contribution in [3.63, 3.8) is 0 Å². The lowest BCUT2D eigenvalue weighted by Gasteiger charge is -2.24. The summed E-state index contributed by atoms with van der Waals surface area (Å²) in [6.45, 7) is 1.60. The molecule has 1 atom stereocenters. The van der Waals surface area contributed by atoms with Crippen LogP contribution in [0.1, 0.15) is 22.3 Å². The molecule has 0 fully saturated rings. The van der Waals surface area contributed by atoms with Crippen molar-refractivity contribution in [3.8, 4) is 5.75 Å². The fourth-order valence-electron chi connectivity index (χ4n) is 2.10. The highest BCUT2D eigenvalue weighted by Gasteiger charge is 2.28. The van der Waals surface area contributed by atoms with Gasteiger partial charge in [0.15, 0.2) is 5.78 Å². The Labute approximate surface area is 94.4 Å². The van der Waals surface area contributed by atoms with Crippen molar-refractivity contribution < 1.29 is 14.9 Å². The first-order valence-corrected chi connectivity index (χ1v) is 5.38. The molecule has 0 aromatic heterocycles. The molecular formula is C11H14BNO3. The second kappa shape index (κ2) is 4.27. The second-order valence-corrected chi connectivity index (χ2v) is 4.14. The van der Waals surface area contributed by atoms with Gasteiger partial charge in [0, 0.05) is 5.56 Å². The minimum atomic E-state index is -0.687. The number of Topliss-reactive ketones (excluding diaryl/α,β-unsaturated/α-hetero) is 1. The number of phenolic OH excluding ortho intramolecular Hbond substituents is 1. The number of aryl methyl sites for hydroxylation is 1. The molecule has 1 unspecified atom stereocenters. The summed E-state index contributed by atoms with van der Waals surface area (Å²) in [5.74, 6) is 0.177. The van der Waals surface area contributed by atoms with Gasteiger partial charge in [0.25, 0.3) is 0 Å². The normalized spacial score (nSPS) is 19.4. The van der Waals surface area contributed by atoms with E-state index in [2.05, 4.69) is 5.23 Å². The van der Waals surface area contributed by atoms with Gasteiger partial charge in [0.1, 0.15) is 5.75 Å². The molecule has 84 valence electrons. The van der Waals surface area contributed by atoms with Crippen molar-refractivity contribution in [3.05, 3.63) is 29.3 Å². The molecule has 2 rings (SSSR count). The van der Waals surface area contributed by atoms with Gasteiger partial charge in [0.2, 0.25) is 0 Å². The van der Waals surface area contributed by atoms with Gasteiger partial charge >= 0.3 is 7.05 Å². The van der Waals surface area contributed by atoms with E-state index in [1.54, 1.807) is 19.0 Å². The van der Waals surface area contributed by atoms with Crippen molar-refractivity contribution in [2.45, 2.75) is 25.7 Å². The van der Waals surface area contributed by atoms with E-state index in [-0.39, 0.29) is 17.6 Å². The lowest BCUT2D eigenvalue weighted by Crippen LogP contribution is -2.46. The summed E-state index contributed by atoms with van der Waals surface area (Å²) in [6, 6.07) is 4.47. The molecular weight excluding hydrogens is 205 g/mol. The third-order valence-electron chi connectivity index (χ3n) is 2.82. The summed E-state index contributed by atoms with van der Waals surface area (Å²) in [6.07, 6.45) is 1.39. The number of phenols is 1. The molecule has 0 aliphatic heterocycles. The quantitative estimate of drug-likeness (QED) is 0.636. The fourth-order valence-corrected chi connectivity index (χ4v) is 2.10. The van der Waals surface area contributed by atoms with E-state index in [0.29, 0.717) is 12.0 Å². The smallest absolute Gasteiger partial charge is 0.374 e. The second-order valence-electron chi connectivity index (χ2n) is 4.14. The van der Waals surface area contributed by atoms with Gasteiger partial charge in [-0.05, 0) is 43.4 Å². The lowest BCUT2D eigenvalue weighted by molar-refractivity contribution is 0.0937. The summed E-state index contributed by atoms with van der Waals surface area (Å²) in [5, 5.41) is 21.4. The van der Waals surface area contributed by atoms with Crippen molar-refractivity contribution in [2.75, 3.05) is 0 Å². The standard InChI is InChI=1S/C11H14BNO3/c1-12(16)13-10-5-2-7-6-8(14)3-4-9(7)11(10)15/h3-4,6,10,13-14,16H,2,5H2,1H3. The fraction of sp³-hybridized carbons (Fsp3) is 0.364. The molecule has 1 aromatic rings. The zero-order valence-electron chi connectivity index (χ0n) is 9.10. The highest BCUT2D eigenvalue weighted by molar-refractivity contribution is 6.46. The molecule has 4 nitrogen and oxygen atoms in total. The number of benzene rings is 1. The van der Waals surface area contributed by atoms with Gasteiger partial charge in [-0.25, -0.2) is 0 Å². The molecule has 3 N–H and O–H groups in total. The van der Waals surface area contributed by atoms with Crippen LogP contribution < -0.4 is 5.23 Å². The Morgan fingerprint density at radius 1 is 1.50 bits per heavy atom. The minimum absolute atomic E-state index is 0.0119. The molecule has 5 heteroatoms. The first kappa shape index (κ1) is 11.2. The number of fused-ring (bicyclic) bond motifs is 1. The van der Waals surface area contributed by atoms with Crippen molar-refractivity contribution >= 4 is 12.8 Å². The van der Waals surface area contributed by atoms with Crippen molar-refractivity contribution in [1.82, 2.24) is 5.23 Å². The maximum Gasteiger partial charge on any atom is 0.374 e. The van der Waals surface area contributed by atoms with Crippen LogP contribution in [-0.4, -0.2) is 29.0 Å². The molecule has 16 heavy (non-hydrogen) atoms. The van der Waals surface area contributed by atoms with Crippen LogP contribution in [0.25, 0.3) is 0 Å². The maximum absolute atomic E-state index is 12.0. The third kappa shape index (κ3) is 2.10. The number of hydrogen-bond donors (Lipinski definition) is 3. The van der Waals surface area contributed by atoms with E-state index >= 15 is 0 Å². The van der Waals surface area contributed by atoms with Crippen molar-refractivity contribution in [1.29, 1.82) is 0 Å². The summed E-state index contributed by atoms with van der Waals surface area (Å²) in [7, 11) is -0.687. The Morgan fingerprint density at radius 3 is 2.94 bits per heavy atom. The van der Waals surface area contributed by atoms with Gasteiger partial charge in [-0.15, -0.1) is 0 Å². The summed E-state index contributed by atoms with van der Waals surface area (Å²) in [5.41, 5.74) is 1.52. The minimum Gasteiger partial charge on any atom is -0.508 e. The summed E-state index contributed by atoms with van der Waals surface area (Å²) < 4.78 is 0. The van der Waals surface area contributed by atoms with Crippen LogP contribution in [-0.2, 0) is 6.42 Å². The SMILES string of the molecule is CB(O)NC1CCc2cc(O)ccc2C1=O. The predicted octanol–water partition coefficient (Wildman–Crippen LogP) is 0.590. The number of hydrogen-bond acceptors (Lipinski definition) is 4. The molecule has 1 aromatic carbocycles. The van der Waals surface area contributed by atoms with E-state index in [4.69, 9.17) is 0 Å². The highest BCUT2D eigenvalue weighted by Crippen LogP contribution is 2.25. The number of rotatable bonds is 2. The Morgan fingerprint density at radius 2 is 2.25 bits per heavy atom. The van der Waals surface area contributed by atoms with Crippen LogP contribution in [0, 0.1) is 0 Å². The monoisotopic (exact) mass is 219 g/mol.